The van der Waals surface area contributed by atoms with Crippen LogP contribution in [0.4, 0.5) is 0 Å². The molecule has 0 aliphatic carbocycles. The number of benzene rings is 1. The molecule has 0 bridgehead atoms. The van der Waals surface area contributed by atoms with E-state index in [0.717, 1.165) is 10.8 Å². The van der Waals surface area contributed by atoms with Crippen LogP contribution in [0.1, 0.15) is 10.5 Å². The monoisotopic (exact) mass is 363 g/mol. The van der Waals surface area contributed by atoms with Crippen molar-refractivity contribution in [3.05, 3.63) is 42.2 Å². The van der Waals surface area contributed by atoms with Crippen molar-refractivity contribution in [3.63, 3.8) is 0 Å². The van der Waals surface area contributed by atoms with Gasteiger partial charge in [-0.3, -0.25) is 9.78 Å². The fourth-order valence-electron chi connectivity index (χ4n) is 2.79. The van der Waals surface area contributed by atoms with Gasteiger partial charge in [-0.25, -0.2) is 12.7 Å². The quantitative estimate of drug-likeness (QED) is 0.852. The maximum Gasteiger partial charge on any atom is 0.270 e. The van der Waals surface area contributed by atoms with Crippen molar-refractivity contribution in [1.82, 2.24) is 14.6 Å². The molecule has 2 heterocycles. The highest BCUT2D eigenvalue weighted by atomic mass is 32.2. The lowest BCUT2D eigenvalue weighted by molar-refractivity contribution is 0.0921. The lowest BCUT2D eigenvalue weighted by Crippen LogP contribution is -2.43. The maximum atomic E-state index is 12.5. The zero-order valence-electron chi connectivity index (χ0n) is 14.2. The van der Waals surface area contributed by atoms with Crippen molar-refractivity contribution in [3.8, 4) is 0 Å². The summed E-state index contributed by atoms with van der Waals surface area (Å²) >= 11 is 0. The van der Waals surface area contributed by atoms with E-state index in [9.17, 15) is 13.2 Å². The van der Waals surface area contributed by atoms with Crippen LogP contribution in [0.15, 0.2) is 36.5 Å². The summed E-state index contributed by atoms with van der Waals surface area (Å²) in [4.78, 5) is 16.7. The number of ether oxygens (including phenoxy) is 1. The first kappa shape index (κ1) is 17.8. The van der Waals surface area contributed by atoms with Gasteiger partial charge in [-0.1, -0.05) is 24.3 Å². The molecular weight excluding hydrogens is 342 g/mol. The van der Waals surface area contributed by atoms with E-state index in [0.29, 0.717) is 18.9 Å². The standard InChI is InChI=1S/C17H21N3O4S/c1-20(2)25(22,23)11-14-9-24-10-16(14)19-17(21)15-7-12-5-3-4-6-13(12)8-18-15/h3-8,14,16H,9-11H2,1-2H3,(H,19,21)/t14-,16-/m0/s1. The van der Waals surface area contributed by atoms with Gasteiger partial charge in [0, 0.05) is 31.6 Å². The predicted molar refractivity (Wildman–Crippen MR) is 94.8 cm³/mol. The van der Waals surface area contributed by atoms with Gasteiger partial charge in [-0.05, 0) is 11.5 Å². The summed E-state index contributed by atoms with van der Waals surface area (Å²) in [5.74, 6) is -0.666. The smallest absolute Gasteiger partial charge is 0.270 e. The number of pyridine rings is 1. The molecule has 25 heavy (non-hydrogen) atoms. The van der Waals surface area contributed by atoms with Crippen molar-refractivity contribution >= 4 is 26.7 Å². The van der Waals surface area contributed by atoms with Crippen molar-refractivity contribution < 1.29 is 17.9 Å². The molecule has 1 aliphatic heterocycles. The van der Waals surface area contributed by atoms with E-state index >= 15 is 0 Å². The second-order valence-corrected chi connectivity index (χ2v) is 8.58. The van der Waals surface area contributed by atoms with Crippen molar-refractivity contribution in [2.45, 2.75) is 6.04 Å². The molecule has 1 fully saturated rings. The number of amides is 1. The SMILES string of the molecule is CN(C)S(=O)(=O)C[C@@H]1COC[C@@H]1NC(=O)c1cc2ccccc2cn1. The number of aromatic nitrogens is 1. The molecule has 1 aromatic heterocycles. The number of nitrogens with one attached hydrogen (secondary N) is 1. The Morgan fingerprint density at radius 3 is 2.72 bits per heavy atom. The lowest BCUT2D eigenvalue weighted by atomic mass is 10.1. The Labute approximate surface area is 147 Å². The van der Waals surface area contributed by atoms with Crippen LogP contribution in [0, 0.1) is 5.92 Å². The van der Waals surface area contributed by atoms with Gasteiger partial charge in [0.05, 0.1) is 25.0 Å². The summed E-state index contributed by atoms with van der Waals surface area (Å²) in [5.41, 5.74) is 0.305. The van der Waals surface area contributed by atoms with E-state index < -0.39 is 10.0 Å². The van der Waals surface area contributed by atoms with Crippen LogP contribution >= 0.6 is 0 Å². The van der Waals surface area contributed by atoms with Crippen molar-refractivity contribution in [2.24, 2.45) is 5.92 Å². The molecule has 3 rings (SSSR count). The average molecular weight is 363 g/mol. The Bertz CT molecular complexity index is 882. The van der Waals surface area contributed by atoms with Gasteiger partial charge < -0.3 is 10.1 Å². The number of fused-ring (bicyclic) bond motifs is 1. The first-order valence-corrected chi connectivity index (χ1v) is 9.61. The molecule has 8 heteroatoms. The minimum atomic E-state index is -3.36. The van der Waals surface area contributed by atoms with Gasteiger partial charge in [-0.15, -0.1) is 0 Å². The van der Waals surface area contributed by atoms with Crippen LogP contribution in [0.2, 0.25) is 0 Å². The van der Waals surface area contributed by atoms with Crippen LogP contribution in [0.5, 0.6) is 0 Å². The second-order valence-electron chi connectivity index (χ2n) is 6.36. The molecule has 0 saturated carbocycles. The molecular formula is C17H21N3O4S. The maximum absolute atomic E-state index is 12.5. The highest BCUT2D eigenvalue weighted by Crippen LogP contribution is 2.18. The Kier molecular flexibility index (Phi) is 5.03. The lowest BCUT2D eigenvalue weighted by Gasteiger charge is -2.20. The zero-order chi connectivity index (χ0) is 18.0. The van der Waals surface area contributed by atoms with Crippen LogP contribution < -0.4 is 5.32 Å². The summed E-state index contributed by atoms with van der Waals surface area (Å²) < 4.78 is 30.7. The van der Waals surface area contributed by atoms with Gasteiger partial charge >= 0.3 is 0 Å². The second kappa shape index (κ2) is 7.07. The van der Waals surface area contributed by atoms with E-state index in [1.807, 2.05) is 24.3 Å². The fraction of sp³-hybridized carbons (Fsp3) is 0.412. The average Bonchev–Trinajstić information content (AvgIpc) is 3.00. The number of sulfonamides is 1. The zero-order valence-corrected chi connectivity index (χ0v) is 15.0. The Morgan fingerprint density at radius 1 is 1.28 bits per heavy atom. The highest BCUT2D eigenvalue weighted by Gasteiger charge is 2.34. The molecule has 134 valence electrons. The summed E-state index contributed by atoms with van der Waals surface area (Å²) in [6, 6.07) is 9.03. The fourth-order valence-corrected chi connectivity index (χ4v) is 3.96. The third kappa shape index (κ3) is 3.97. The Hall–Kier alpha value is -2.03. The van der Waals surface area contributed by atoms with Crippen LogP contribution in [0.25, 0.3) is 10.8 Å². The van der Waals surface area contributed by atoms with E-state index in [4.69, 9.17) is 4.74 Å². The molecule has 2 atom stereocenters. The molecule has 1 saturated heterocycles. The number of nitrogens with zero attached hydrogens (tertiary/aromatic N) is 2. The first-order chi connectivity index (χ1) is 11.9. The summed E-state index contributed by atoms with van der Waals surface area (Å²) in [6.45, 7) is 0.607. The molecule has 0 unspecified atom stereocenters. The summed E-state index contributed by atoms with van der Waals surface area (Å²) in [6.07, 6.45) is 1.66. The van der Waals surface area contributed by atoms with Crippen LogP contribution in [-0.2, 0) is 14.8 Å². The summed E-state index contributed by atoms with van der Waals surface area (Å²) in [5, 5.41) is 4.75. The number of carbonyl (C=O) groups is 1. The van der Waals surface area contributed by atoms with Crippen molar-refractivity contribution in [1.29, 1.82) is 0 Å². The van der Waals surface area contributed by atoms with E-state index in [-0.39, 0.29) is 23.6 Å². The normalized spacial score (nSPS) is 20.9. The number of hydrogen-bond donors (Lipinski definition) is 1. The Balaban J connectivity index is 1.72. The van der Waals surface area contributed by atoms with Gasteiger partial charge in [0.25, 0.3) is 5.91 Å². The largest absolute Gasteiger partial charge is 0.379 e. The molecule has 1 aliphatic rings. The first-order valence-electron chi connectivity index (χ1n) is 8.00. The van der Waals surface area contributed by atoms with Crippen LogP contribution in [0.3, 0.4) is 0 Å². The van der Waals surface area contributed by atoms with E-state index in [1.54, 1.807) is 12.3 Å². The van der Waals surface area contributed by atoms with Gasteiger partial charge in [0.15, 0.2) is 0 Å². The Morgan fingerprint density at radius 2 is 2.00 bits per heavy atom. The highest BCUT2D eigenvalue weighted by molar-refractivity contribution is 7.89. The molecule has 1 amide bonds. The minimum absolute atomic E-state index is 0.0594. The minimum Gasteiger partial charge on any atom is -0.379 e. The van der Waals surface area contributed by atoms with Gasteiger partial charge in [0.2, 0.25) is 10.0 Å². The number of carbonyl (C=O) groups excluding carboxylic acids is 1. The number of rotatable bonds is 5. The third-order valence-electron chi connectivity index (χ3n) is 4.36. The van der Waals surface area contributed by atoms with Gasteiger partial charge in [-0.2, -0.15) is 0 Å². The number of hydrogen-bond acceptors (Lipinski definition) is 5. The summed E-state index contributed by atoms with van der Waals surface area (Å²) in [7, 11) is -0.362. The molecule has 0 radical (unpaired) electrons. The van der Waals surface area contributed by atoms with Crippen molar-refractivity contribution in [2.75, 3.05) is 33.1 Å². The molecule has 0 spiro atoms. The van der Waals surface area contributed by atoms with Crippen LogP contribution in [-0.4, -0.2) is 62.7 Å². The molecule has 1 aromatic carbocycles. The van der Waals surface area contributed by atoms with E-state index in [2.05, 4.69) is 10.3 Å². The predicted octanol–water partition coefficient (Wildman–Crippen LogP) is 0.871. The molecule has 1 N–H and O–H groups in total. The molecule has 7 nitrogen and oxygen atoms in total. The van der Waals surface area contributed by atoms with E-state index in [1.165, 1.54) is 18.4 Å². The van der Waals surface area contributed by atoms with Gasteiger partial charge in [0.1, 0.15) is 5.69 Å². The molecule has 2 aromatic rings. The topological polar surface area (TPSA) is 88.6 Å². The third-order valence-corrected chi connectivity index (χ3v) is 6.32.